The topological polar surface area (TPSA) is 74.7 Å². The van der Waals surface area contributed by atoms with Gasteiger partial charge in [-0.15, -0.1) is 0 Å². The Morgan fingerprint density at radius 2 is 1.65 bits per heavy atom. The van der Waals surface area contributed by atoms with Crippen LogP contribution in [0.1, 0.15) is 11.1 Å². The highest BCUT2D eigenvalue weighted by Crippen LogP contribution is 2.31. The molecule has 0 heterocycles. The molecule has 0 aliphatic heterocycles. The minimum absolute atomic E-state index is 0.00534. The summed E-state index contributed by atoms with van der Waals surface area (Å²) in [7, 11) is -4.28. The van der Waals surface area contributed by atoms with Gasteiger partial charge in [0.1, 0.15) is 10.9 Å². The monoisotopic (exact) mass is 541 g/mol. The Kier molecular flexibility index (Phi) is 7.78. The zero-order valence-corrected chi connectivity index (χ0v) is 20.0. The summed E-state index contributed by atoms with van der Waals surface area (Å²) < 4.78 is 28.9. The van der Waals surface area contributed by atoms with Gasteiger partial charge in [0.15, 0.2) is 0 Å². The van der Waals surface area contributed by atoms with Crippen molar-refractivity contribution in [3.05, 3.63) is 98.4 Å². The maximum atomic E-state index is 13.6. The molecule has 0 radical (unpaired) electrons. The van der Waals surface area contributed by atoms with E-state index in [4.69, 9.17) is 23.2 Å². The number of carboxylic acid groups (broad SMARTS) is 1. The Labute approximate surface area is 199 Å². The maximum Gasteiger partial charge on any atom is 0.322 e. The molecule has 1 N–H and O–H groups in total. The van der Waals surface area contributed by atoms with Gasteiger partial charge in [0.25, 0.3) is 0 Å². The first kappa shape index (κ1) is 23.8. The molecule has 0 aliphatic rings. The molecule has 5 nitrogen and oxygen atoms in total. The second kappa shape index (κ2) is 10.1. The quantitative estimate of drug-likeness (QED) is 0.399. The van der Waals surface area contributed by atoms with Crippen molar-refractivity contribution in [2.45, 2.75) is 23.9 Å². The minimum Gasteiger partial charge on any atom is -0.480 e. The molecule has 0 bridgehead atoms. The van der Waals surface area contributed by atoms with Crippen molar-refractivity contribution in [3.8, 4) is 0 Å². The zero-order valence-electron chi connectivity index (χ0n) is 16.1. The Hall–Kier alpha value is -1.90. The molecular weight excluding hydrogens is 525 g/mol. The second-order valence-electron chi connectivity index (χ2n) is 6.80. The molecule has 162 valence electrons. The fraction of sp³-hybridized carbons (Fsp3) is 0.136. The van der Waals surface area contributed by atoms with Gasteiger partial charge in [-0.2, -0.15) is 4.31 Å². The van der Waals surface area contributed by atoms with Gasteiger partial charge in [0.2, 0.25) is 10.0 Å². The number of halogens is 3. The van der Waals surface area contributed by atoms with Crippen LogP contribution in [0, 0.1) is 0 Å². The first-order chi connectivity index (χ1) is 14.7. The molecule has 0 amide bonds. The third kappa shape index (κ3) is 5.87. The summed E-state index contributed by atoms with van der Waals surface area (Å²) in [5.41, 5.74) is 1.33. The van der Waals surface area contributed by atoms with Gasteiger partial charge in [0.05, 0.1) is 5.02 Å². The Bertz CT molecular complexity index is 1190. The summed E-state index contributed by atoms with van der Waals surface area (Å²) in [6, 6.07) is 18.6. The molecule has 0 saturated carbocycles. The number of rotatable bonds is 8. The van der Waals surface area contributed by atoms with Crippen LogP contribution in [-0.4, -0.2) is 29.8 Å². The third-order valence-electron chi connectivity index (χ3n) is 4.61. The van der Waals surface area contributed by atoms with Crippen LogP contribution >= 0.6 is 39.1 Å². The highest BCUT2D eigenvalue weighted by Gasteiger charge is 2.37. The fourth-order valence-corrected chi connectivity index (χ4v) is 5.90. The average Bonchev–Trinajstić information content (AvgIpc) is 2.71. The highest BCUT2D eigenvalue weighted by molar-refractivity contribution is 9.10. The van der Waals surface area contributed by atoms with E-state index >= 15 is 0 Å². The van der Waals surface area contributed by atoms with Crippen LogP contribution in [-0.2, 0) is 27.8 Å². The summed E-state index contributed by atoms with van der Waals surface area (Å²) in [4.78, 5) is 12.0. The normalized spacial score (nSPS) is 12.6. The van der Waals surface area contributed by atoms with Crippen LogP contribution in [0.3, 0.4) is 0 Å². The molecule has 9 heteroatoms. The second-order valence-corrected chi connectivity index (χ2v) is 10.4. The Morgan fingerprint density at radius 3 is 2.26 bits per heavy atom. The van der Waals surface area contributed by atoms with E-state index in [9.17, 15) is 18.3 Å². The van der Waals surface area contributed by atoms with Gasteiger partial charge in [-0.05, 0) is 47.9 Å². The molecule has 3 aromatic rings. The van der Waals surface area contributed by atoms with E-state index in [1.807, 2.05) is 6.07 Å². The van der Waals surface area contributed by atoms with E-state index in [0.717, 1.165) is 8.78 Å². The number of benzene rings is 3. The lowest BCUT2D eigenvalue weighted by atomic mass is 10.1. The zero-order chi connectivity index (χ0) is 22.6. The Balaban J connectivity index is 2.11. The largest absolute Gasteiger partial charge is 0.480 e. The van der Waals surface area contributed by atoms with Crippen LogP contribution < -0.4 is 0 Å². The number of aliphatic carboxylic acids is 1. The summed E-state index contributed by atoms with van der Waals surface area (Å²) in [5, 5.41) is 10.2. The van der Waals surface area contributed by atoms with Crippen molar-refractivity contribution in [2.24, 2.45) is 0 Å². The van der Waals surface area contributed by atoms with Crippen LogP contribution in [0.5, 0.6) is 0 Å². The smallest absolute Gasteiger partial charge is 0.322 e. The molecule has 0 unspecified atom stereocenters. The molecule has 31 heavy (non-hydrogen) atoms. The average molecular weight is 543 g/mol. The number of nitrogens with zero attached hydrogens (tertiary/aromatic N) is 1. The number of hydrogen-bond acceptors (Lipinski definition) is 3. The third-order valence-corrected chi connectivity index (χ3v) is 7.68. The van der Waals surface area contributed by atoms with Crippen LogP contribution in [0.4, 0.5) is 0 Å². The highest BCUT2D eigenvalue weighted by atomic mass is 79.9. The van der Waals surface area contributed by atoms with Gasteiger partial charge in [-0.3, -0.25) is 4.79 Å². The molecule has 0 spiro atoms. The number of carboxylic acids is 1. The van der Waals surface area contributed by atoms with Crippen LogP contribution in [0.15, 0.2) is 82.2 Å². The lowest BCUT2D eigenvalue weighted by Crippen LogP contribution is -2.46. The summed E-state index contributed by atoms with van der Waals surface area (Å²) in [5.74, 6) is -1.26. The number of sulfonamides is 1. The maximum absolute atomic E-state index is 13.6. The Morgan fingerprint density at radius 1 is 0.968 bits per heavy atom. The lowest BCUT2D eigenvalue weighted by Gasteiger charge is -2.29. The first-order valence-electron chi connectivity index (χ1n) is 9.16. The standard InChI is InChI=1S/C22H18BrCl2NO4S/c23-17-8-4-7-16(11-17)14-26(20(22(27)28)12-15-5-2-1-3-6-15)31(29,30)21-10-9-18(24)13-19(21)25/h1-11,13,20H,12,14H2,(H,27,28)/t20-/m0/s1. The summed E-state index contributed by atoms with van der Waals surface area (Å²) >= 11 is 15.5. The van der Waals surface area contributed by atoms with E-state index in [-0.39, 0.29) is 27.9 Å². The van der Waals surface area contributed by atoms with Crippen LogP contribution in [0.2, 0.25) is 10.0 Å². The van der Waals surface area contributed by atoms with E-state index in [1.54, 1.807) is 48.5 Å². The van der Waals surface area contributed by atoms with Gasteiger partial charge in [-0.1, -0.05) is 81.6 Å². The van der Waals surface area contributed by atoms with Crippen molar-refractivity contribution in [1.29, 1.82) is 0 Å². The van der Waals surface area contributed by atoms with E-state index in [0.29, 0.717) is 11.1 Å². The van der Waals surface area contributed by atoms with Crippen molar-refractivity contribution < 1.29 is 18.3 Å². The molecular formula is C22H18BrCl2NO4S. The molecule has 0 saturated heterocycles. The van der Waals surface area contributed by atoms with Crippen molar-refractivity contribution in [2.75, 3.05) is 0 Å². The molecule has 0 aromatic heterocycles. The first-order valence-corrected chi connectivity index (χ1v) is 12.2. The fourth-order valence-electron chi connectivity index (χ4n) is 3.14. The van der Waals surface area contributed by atoms with Crippen LogP contribution in [0.25, 0.3) is 0 Å². The van der Waals surface area contributed by atoms with Gasteiger partial charge in [-0.25, -0.2) is 8.42 Å². The van der Waals surface area contributed by atoms with Crippen molar-refractivity contribution >= 4 is 55.1 Å². The lowest BCUT2D eigenvalue weighted by molar-refractivity contribution is -0.141. The summed E-state index contributed by atoms with van der Waals surface area (Å²) in [6.07, 6.45) is -0.00534. The van der Waals surface area contributed by atoms with E-state index in [2.05, 4.69) is 15.9 Å². The molecule has 0 fully saturated rings. The minimum atomic E-state index is -4.28. The van der Waals surface area contributed by atoms with Gasteiger partial charge >= 0.3 is 5.97 Å². The number of hydrogen-bond donors (Lipinski definition) is 1. The van der Waals surface area contributed by atoms with Gasteiger partial charge < -0.3 is 5.11 Å². The van der Waals surface area contributed by atoms with E-state index < -0.39 is 22.0 Å². The molecule has 3 rings (SSSR count). The van der Waals surface area contributed by atoms with Gasteiger partial charge in [0, 0.05) is 16.0 Å². The molecule has 1 atom stereocenters. The number of carbonyl (C=O) groups is 1. The predicted molar refractivity (Wildman–Crippen MR) is 125 cm³/mol. The van der Waals surface area contributed by atoms with Crippen molar-refractivity contribution in [1.82, 2.24) is 4.31 Å². The molecule has 3 aromatic carbocycles. The predicted octanol–water partition coefficient (Wildman–Crippen LogP) is 5.64. The van der Waals surface area contributed by atoms with E-state index in [1.165, 1.54) is 18.2 Å². The molecule has 0 aliphatic carbocycles. The SMILES string of the molecule is O=C(O)[C@H](Cc1ccccc1)N(Cc1cccc(Br)c1)S(=O)(=O)c1ccc(Cl)cc1Cl. The van der Waals surface area contributed by atoms with Crippen molar-refractivity contribution in [3.63, 3.8) is 0 Å². The summed E-state index contributed by atoms with van der Waals surface area (Å²) in [6.45, 7) is -0.148.